The lowest BCUT2D eigenvalue weighted by Crippen LogP contribution is -2.20. The van der Waals surface area contributed by atoms with Crippen LogP contribution in [0, 0.1) is 0 Å². The lowest BCUT2D eigenvalue weighted by molar-refractivity contribution is 0.411. The van der Waals surface area contributed by atoms with Gasteiger partial charge in [-0.15, -0.1) is 0 Å². The molecule has 0 fully saturated rings. The predicted octanol–water partition coefficient (Wildman–Crippen LogP) is 17.5. The molecule has 0 spiro atoms. The number of hydrogen-bond donors (Lipinski definition) is 1. The van der Waals surface area contributed by atoms with E-state index in [0.29, 0.717) is 120 Å². The van der Waals surface area contributed by atoms with Crippen molar-refractivity contribution in [3.05, 3.63) is 176 Å². The Bertz CT molecular complexity index is 4030. The van der Waals surface area contributed by atoms with Crippen molar-refractivity contribution in [1.29, 1.82) is 0 Å². The molecular formula is C63H39N3O10. The molecule has 10 aromatic carbocycles. The van der Waals surface area contributed by atoms with Gasteiger partial charge in [-0.05, 0) is 109 Å². The second-order valence-electron chi connectivity index (χ2n) is 18.8. The highest BCUT2D eigenvalue weighted by Crippen LogP contribution is 2.65. The van der Waals surface area contributed by atoms with Gasteiger partial charge in [0.05, 0.1) is 55.5 Å². The highest BCUT2D eigenvalue weighted by atomic mass is 16.5. The smallest absolute Gasteiger partial charge is 0.155 e. The Morgan fingerprint density at radius 1 is 0.289 bits per heavy atom. The normalized spacial score (nSPS) is 13.5. The summed E-state index contributed by atoms with van der Waals surface area (Å²) in [5.74, 6) is 9.08. The Hall–Kier alpha value is -10.4. The van der Waals surface area contributed by atoms with E-state index in [1.165, 1.54) is 0 Å². The molecule has 10 aromatic rings. The first-order chi connectivity index (χ1) is 37.4. The number of anilines is 9. The van der Waals surface area contributed by atoms with Gasteiger partial charge in [-0.3, -0.25) is 14.7 Å². The summed E-state index contributed by atoms with van der Waals surface area (Å²) in [4.78, 5) is 6.42. The third kappa shape index (κ3) is 5.84. The molecule has 6 heterocycles. The molecule has 0 bridgehead atoms. The van der Waals surface area contributed by atoms with E-state index in [1.807, 2.05) is 176 Å². The van der Waals surface area contributed by atoms with E-state index in [2.05, 4.69) is 14.7 Å². The number of phenols is 1. The second-order valence-corrected chi connectivity index (χ2v) is 18.8. The van der Waals surface area contributed by atoms with Crippen molar-refractivity contribution >= 4 is 51.2 Å². The lowest BCUT2D eigenvalue weighted by atomic mass is 9.89. The van der Waals surface area contributed by atoms with Gasteiger partial charge in [0, 0.05) is 46.0 Å². The van der Waals surface area contributed by atoms with Gasteiger partial charge in [0.1, 0.15) is 40.1 Å². The number of rotatable bonds is 6. The van der Waals surface area contributed by atoms with Crippen LogP contribution < -0.4 is 57.3 Å². The number of benzene rings is 10. The molecule has 13 nitrogen and oxygen atoms in total. The van der Waals surface area contributed by atoms with Gasteiger partial charge in [0.25, 0.3) is 0 Å². The number of para-hydroxylation sites is 9. The van der Waals surface area contributed by atoms with Crippen LogP contribution in [0.2, 0.25) is 0 Å². The summed E-state index contributed by atoms with van der Waals surface area (Å²) in [6.07, 6.45) is 0. The topological polar surface area (TPSA) is 113 Å². The fourth-order valence-electron chi connectivity index (χ4n) is 11.4. The van der Waals surface area contributed by atoms with Crippen LogP contribution in [0.3, 0.4) is 0 Å². The standard InChI is InChI=1S/C63H39N3O10/c1-68-54-30-42-57(74-51-22-10-19-48-60(51)64(42)39-13-4-7-16-45(39)71-48)27-34(54)33-25-37(35-28-58-43(31-55(35)69-2)65-40-14-5-8-17-46(40)72-49-20-11-23-52(75-58)61(49)65)63(67)38(26-33)36-29-59-44(32-56(36)70-3)66-41-15-6-9-18-47(41)73-50-21-12-24-53(76-59)62(50)66/h4-32,67H,1-3H3. The quantitative estimate of drug-likeness (QED) is 0.171. The number of nitrogens with zero attached hydrogens (tertiary/aromatic N) is 3. The third-order valence-electron chi connectivity index (χ3n) is 14.8. The second kappa shape index (κ2) is 15.6. The summed E-state index contributed by atoms with van der Waals surface area (Å²) in [6, 6.07) is 56.6. The third-order valence-corrected chi connectivity index (χ3v) is 14.8. The van der Waals surface area contributed by atoms with E-state index in [0.717, 1.165) is 51.2 Å². The van der Waals surface area contributed by atoms with Gasteiger partial charge in [-0.25, -0.2) is 0 Å². The zero-order valence-corrected chi connectivity index (χ0v) is 40.7. The summed E-state index contributed by atoms with van der Waals surface area (Å²) in [7, 11) is 4.89. The van der Waals surface area contributed by atoms with Gasteiger partial charge < -0.3 is 47.7 Å². The zero-order valence-electron chi connectivity index (χ0n) is 40.7. The molecule has 0 aliphatic carbocycles. The van der Waals surface area contributed by atoms with Crippen LogP contribution in [0.5, 0.6) is 92.0 Å². The molecule has 13 heteroatoms. The van der Waals surface area contributed by atoms with Crippen molar-refractivity contribution in [3.63, 3.8) is 0 Å². The van der Waals surface area contributed by atoms with Crippen molar-refractivity contribution in [3.8, 4) is 125 Å². The maximum atomic E-state index is 13.2. The fourth-order valence-corrected chi connectivity index (χ4v) is 11.4. The van der Waals surface area contributed by atoms with Crippen molar-refractivity contribution in [1.82, 2.24) is 0 Å². The Morgan fingerprint density at radius 3 is 0.921 bits per heavy atom. The average molecular weight is 998 g/mol. The molecule has 76 heavy (non-hydrogen) atoms. The monoisotopic (exact) mass is 997 g/mol. The number of fused-ring (bicyclic) bond motifs is 12. The maximum absolute atomic E-state index is 13.2. The molecule has 0 radical (unpaired) electrons. The van der Waals surface area contributed by atoms with Crippen LogP contribution in [0.15, 0.2) is 176 Å². The molecule has 0 saturated carbocycles. The van der Waals surface area contributed by atoms with Crippen LogP contribution >= 0.6 is 0 Å². The first kappa shape index (κ1) is 42.1. The number of ether oxygens (including phenoxy) is 9. The fraction of sp³-hybridized carbons (Fsp3) is 0.0476. The zero-order chi connectivity index (χ0) is 50.5. The van der Waals surface area contributed by atoms with Gasteiger partial charge in [-0.1, -0.05) is 54.6 Å². The van der Waals surface area contributed by atoms with Gasteiger partial charge >= 0.3 is 0 Å². The summed E-state index contributed by atoms with van der Waals surface area (Å²) < 4.78 is 58.5. The van der Waals surface area contributed by atoms with Crippen LogP contribution in [0.25, 0.3) is 33.4 Å². The molecule has 0 atom stereocenters. The Balaban J connectivity index is 0.925. The minimum atomic E-state index is -0.0507. The van der Waals surface area contributed by atoms with Crippen LogP contribution in [-0.4, -0.2) is 26.4 Å². The molecule has 0 unspecified atom stereocenters. The van der Waals surface area contributed by atoms with E-state index in [1.54, 1.807) is 21.3 Å². The maximum Gasteiger partial charge on any atom is 0.155 e. The number of methoxy groups -OCH3 is 3. The van der Waals surface area contributed by atoms with Crippen molar-refractivity contribution in [2.45, 2.75) is 0 Å². The number of aromatic hydroxyl groups is 1. The molecular weight excluding hydrogens is 959 g/mol. The summed E-state index contributed by atoms with van der Waals surface area (Å²) in [5, 5.41) is 13.2. The van der Waals surface area contributed by atoms with Crippen molar-refractivity contribution in [2.24, 2.45) is 0 Å². The van der Waals surface area contributed by atoms with E-state index in [9.17, 15) is 5.11 Å². The van der Waals surface area contributed by atoms with Crippen molar-refractivity contribution < 1.29 is 47.7 Å². The first-order valence-corrected chi connectivity index (χ1v) is 24.6. The first-order valence-electron chi connectivity index (χ1n) is 24.6. The minimum Gasteiger partial charge on any atom is -0.507 e. The number of hydrogen-bond acceptors (Lipinski definition) is 13. The molecule has 0 saturated heterocycles. The Labute approximate surface area is 434 Å². The highest BCUT2D eigenvalue weighted by Gasteiger charge is 2.40. The summed E-state index contributed by atoms with van der Waals surface area (Å²) in [5.41, 5.74) is 10.5. The molecule has 1 N–H and O–H groups in total. The summed E-state index contributed by atoms with van der Waals surface area (Å²) >= 11 is 0. The molecule has 6 aliphatic heterocycles. The molecule has 6 aliphatic rings. The SMILES string of the molecule is COc1cc2c(cc1-c1cc(-c3cc4c(cc3OC)N3c5ccccc5Oc5cccc(c53)O4)c(O)c(-c3cc4c(cc3OC)N3c5ccccc5Oc5cccc(c53)O4)c1)Oc1cccc3c1N2c1ccccc1O3. The molecule has 0 aromatic heterocycles. The van der Waals surface area contributed by atoms with E-state index >= 15 is 0 Å². The van der Waals surface area contributed by atoms with Crippen molar-refractivity contribution in [2.75, 3.05) is 36.0 Å². The average Bonchev–Trinajstić information content (AvgIpc) is 3.51. The van der Waals surface area contributed by atoms with Gasteiger partial charge in [0.2, 0.25) is 0 Å². The largest absolute Gasteiger partial charge is 0.507 e. The van der Waals surface area contributed by atoms with Crippen LogP contribution in [-0.2, 0) is 0 Å². The molecule has 16 rings (SSSR count). The van der Waals surface area contributed by atoms with Gasteiger partial charge in [0.15, 0.2) is 69.0 Å². The van der Waals surface area contributed by atoms with E-state index < -0.39 is 0 Å². The summed E-state index contributed by atoms with van der Waals surface area (Å²) in [6.45, 7) is 0. The minimum absolute atomic E-state index is 0.0507. The lowest BCUT2D eigenvalue weighted by Gasteiger charge is -2.38. The van der Waals surface area contributed by atoms with E-state index in [-0.39, 0.29) is 5.75 Å². The Kier molecular flexibility index (Phi) is 8.63. The highest BCUT2D eigenvalue weighted by molar-refractivity contribution is 6.01. The molecule has 0 amide bonds. The molecule has 366 valence electrons. The Morgan fingerprint density at radius 2 is 0.579 bits per heavy atom. The predicted molar refractivity (Wildman–Crippen MR) is 289 cm³/mol. The van der Waals surface area contributed by atoms with E-state index in [4.69, 9.17) is 42.6 Å². The van der Waals surface area contributed by atoms with Crippen LogP contribution in [0.4, 0.5) is 51.2 Å². The number of phenolic OH excluding ortho intramolecular Hbond substituents is 1. The van der Waals surface area contributed by atoms with Crippen LogP contribution in [0.1, 0.15) is 0 Å². The van der Waals surface area contributed by atoms with Gasteiger partial charge in [-0.2, -0.15) is 0 Å².